The number of hydrogen-bond donors (Lipinski definition) is 0. The van der Waals surface area contributed by atoms with Crippen LogP contribution in [0.5, 0.6) is 0 Å². The number of nitrogens with zero attached hydrogens (tertiary/aromatic N) is 4. The summed E-state index contributed by atoms with van der Waals surface area (Å²) in [5.41, 5.74) is -3.26. The standard InChI is InChI=1S/C20H13Cl2F3N4O2S3/c1-2-34(30,31)16-7-12(11-5-13(21)8-14(22)6-11)9-26-18(16)29-19(32)28-10-15(33-20(23,24)25)3-4-17(28)27-29/h3-10H,2H2,1H3. The third-order valence-corrected chi connectivity index (χ3v) is 7.91. The molecule has 0 fully saturated rings. The monoisotopic (exact) mass is 564 g/mol. The summed E-state index contributed by atoms with van der Waals surface area (Å²) in [5.74, 6) is -0.299. The van der Waals surface area contributed by atoms with Gasteiger partial charge in [0.05, 0.1) is 5.75 Å². The topological polar surface area (TPSA) is 69.3 Å². The quantitative estimate of drug-likeness (QED) is 0.200. The van der Waals surface area contributed by atoms with E-state index in [0.29, 0.717) is 21.2 Å². The van der Waals surface area contributed by atoms with Crippen LogP contribution in [-0.4, -0.2) is 38.8 Å². The van der Waals surface area contributed by atoms with E-state index >= 15 is 0 Å². The minimum atomic E-state index is -4.48. The number of sulfone groups is 1. The Morgan fingerprint density at radius 1 is 1.09 bits per heavy atom. The van der Waals surface area contributed by atoms with Gasteiger partial charge in [0.15, 0.2) is 21.3 Å². The lowest BCUT2D eigenvalue weighted by Crippen LogP contribution is -2.12. The second-order valence-electron chi connectivity index (χ2n) is 6.94. The number of halogens is 5. The van der Waals surface area contributed by atoms with E-state index < -0.39 is 15.3 Å². The van der Waals surface area contributed by atoms with Gasteiger partial charge in [0, 0.05) is 32.9 Å². The molecule has 4 aromatic rings. The SMILES string of the molecule is CCS(=O)(=O)c1cc(-c2cc(Cl)cc(Cl)c2)cnc1-n1nc2ccc(SC(F)(F)F)cn2c1=S. The Morgan fingerprint density at radius 3 is 2.38 bits per heavy atom. The van der Waals surface area contributed by atoms with Gasteiger partial charge in [0.2, 0.25) is 4.77 Å². The lowest BCUT2D eigenvalue weighted by atomic mass is 10.1. The van der Waals surface area contributed by atoms with Gasteiger partial charge < -0.3 is 0 Å². The number of pyridine rings is 2. The molecule has 6 nitrogen and oxygen atoms in total. The van der Waals surface area contributed by atoms with Crippen LogP contribution in [0, 0.1) is 4.77 Å². The van der Waals surface area contributed by atoms with Crippen molar-refractivity contribution >= 4 is 62.7 Å². The van der Waals surface area contributed by atoms with Crippen molar-refractivity contribution < 1.29 is 21.6 Å². The lowest BCUT2D eigenvalue weighted by molar-refractivity contribution is -0.0328. The first-order valence-corrected chi connectivity index (χ1v) is 13.1. The van der Waals surface area contributed by atoms with Gasteiger partial charge in [-0.15, -0.1) is 5.10 Å². The molecule has 0 aliphatic heterocycles. The van der Waals surface area contributed by atoms with E-state index in [9.17, 15) is 21.6 Å². The van der Waals surface area contributed by atoms with Crippen LogP contribution in [0.25, 0.3) is 22.6 Å². The van der Waals surface area contributed by atoms with Crippen LogP contribution in [0.2, 0.25) is 10.0 Å². The fourth-order valence-electron chi connectivity index (χ4n) is 3.15. The van der Waals surface area contributed by atoms with Crippen LogP contribution in [-0.2, 0) is 9.84 Å². The first kappa shape index (κ1) is 25.0. The summed E-state index contributed by atoms with van der Waals surface area (Å²) in [6.45, 7) is 1.48. The van der Waals surface area contributed by atoms with Gasteiger partial charge in [-0.05, 0) is 65.9 Å². The molecule has 3 aromatic heterocycles. The van der Waals surface area contributed by atoms with Crippen LogP contribution in [0.15, 0.2) is 58.6 Å². The number of alkyl halides is 3. The minimum absolute atomic E-state index is 0.0433. The van der Waals surface area contributed by atoms with Crippen molar-refractivity contribution in [3.8, 4) is 16.9 Å². The Hall–Kier alpha value is -2.12. The summed E-state index contributed by atoms with van der Waals surface area (Å²) in [6, 6.07) is 8.80. The van der Waals surface area contributed by atoms with Crippen LogP contribution < -0.4 is 0 Å². The Bertz CT molecular complexity index is 1560. The Balaban J connectivity index is 1.91. The van der Waals surface area contributed by atoms with Gasteiger partial charge in [-0.2, -0.15) is 17.9 Å². The first-order chi connectivity index (χ1) is 15.9. The lowest BCUT2D eigenvalue weighted by Gasteiger charge is -2.11. The predicted octanol–water partition coefficient (Wildman–Crippen LogP) is 6.63. The summed E-state index contributed by atoms with van der Waals surface area (Å²) in [7, 11) is -3.81. The fraction of sp³-hybridized carbons (Fsp3) is 0.150. The molecule has 0 spiro atoms. The number of hydrogen-bond acceptors (Lipinski definition) is 6. The molecule has 1 aromatic carbocycles. The van der Waals surface area contributed by atoms with E-state index in [1.54, 1.807) is 18.2 Å². The molecule has 0 aliphatic rings. The van der Waals surface area contributed by atoms with Crippen molar-refractivity contribution in [2.24, 2.45) is 0 Å². The maximum absolute atomic E-state index is 12.9. The number of thioether (sulfide) groups is 1. The van der Waals surface area contributed by atoms with E-state index in [1.165, 1.54) is 41.9 Å². The van der Waals surface area contributed by atoms with Gasteiger partial charge in [-0.25, -0.2) is 13.4 Å². The van der Waals surface area contributed by atoms with Crippen molar-refractivity contribution in [2.75, 3.05) is 5.75 Å². The molecule has 0 unspecified atom stereocenters. The number of fused-ring (bicyclic) bond motifs is 1. The Morgan fingerprint density at radius 2 is 1.76 bits per heavy atom. The van der Waals surface area contributed by atoms with E-state index in [2.05, 4.69) is 10.1 Å². The van der Waals surface area contributed by atoms with Gasteiger partial charge in [0.25, 0.3) is 0 Å². The fourth-order valence-corrected chi connectivity index (χ4v) is 5.54. The average Bonchev–Trinajstić information content (AvgIpc) is 3.07. The molecule has 0 radical (unpaired) electrons. The normalized spacial score (nSPS) is 12.4. The third kappa shape index (κ3) is 5.10. The summed E-state index contributed by atoms with van der Waals surface area (Å²) in [5, 5.41) is 5.00. The summed E-state index contributed by atoms with van der Waals surface area (Å²) in [4.78, 5) is 4.06. The van der Waals surface area contributed by atoms with Crippen LogP contribution >= 0.6 is 47.2 Å². The number of rotatable bonds is 5. The number of aromatic nitrogens is 4. The van der Waals surface area contributed by atoms with Crippen molar-refractivity contribution in [3.05, 3.63) is 63.6 Å². The minimum Gasteiger partial charge on any atom is -0.274 e. The molecule has 3 heterocycles. The molecule has 178 valence electrons. The Kier molecular flexibility index (Phi) is 6.73. The van der Waals surface area contributed by atoms with Gasteiger partial charge in [0.1, 0.15) is 4.90 Å². The molecular formula is C20H13Cl2F3N4O2S3. The van der Waals surface area contributed by atoms with Crippen molar-refractivity contribution in [3.63, 3.8) is 0 Å². The second-order valence-corrected chi connectivity index (χ2v) is 11.6. The van der Waals surface area contributed by atoms with Crippen molar-refractivity contribution in [2.45, 2.75) is 22.2 Å². The average molecular weight is 565 g/mol. The van der Waals surface area contributed by atoms with Gasteiger partial charge in [-0.3, -0.25) is 4.40 Å². The molecule has 34 heavy (non-hydrogen) atoms. The molecular weight excluding hydrogens is 552 g/mol. The van der Waals surface area contributed by atoms with E-state index in [0.717, 1.165) is 4.68 Å². The molecule has 4 rings (SSSR count). The summed E-state index contributed by atoms with van der Waals surface area (Å²) in [6.07, 6.45) is 2.61. The molecule has 0 saturated carbocycles. The van der Waals surface area contributed by atoms with E-state index in [4.69, 9.17) is 35.4 Å². The maximum atomic E-state index is 12.9. The van der Waals surface area contributed by atoms with E-state index in [-0.39, 0.29) is 43.5 Å². The van der Waals surface area contributed by atoms with Crippen LogP contribution in [0.3, 0.4) is 0 Å². The first-order valence-electron chi connectivity index (χ1n) is 9.45. The Labute approximate surface area is 211 Å². The smallest absolute Gasteiger partial charge is 0.274 e. The molecule has 0 aliphatic carbocycles. The zero-order valence-electron chi connectivity index (χ0n) is 17.0. The van der Waals surface area contributed by atoms with Gasteiger partial charge >= 0.3 is 5.51 Å². The highest BCUT2D eigenvalue weighted by molar-refractivity contribution is 8.00. The summed E-state index contributed by atoms with van der Waals surface area (Å²) < 4.78 is 66.6. The third-order valence-electron chi connectivity index (χ3n) is 4.67. The highest BCUT2D eigenvalue weighted by Crippen LogP contribution is 2.37. The zero-order chi connectivity index (χ0) is 24.8. The largest absolute Gasteiger partial charge is 0.446 e. The molecule has 0 amide bonds. The molecule has 0 saturated heterocycles. The number of benzene rings is 1. The molecule has 14 heteroatoms. The molecule has 0 bridgehead atoms. The predicted molar refractivity (Wildman–Crippen MR) is 128 cm³/mol. The molecule has 0 atom stereocenters. The zero-order valence-corrected chi connectivity index (χ0v) is 21.0. The highest BCUT2D eigenvalue weighted by atomic mass is 35.5. The highest BCUT2D eigenvalue weighted by Gasteiger charge is 2.29. The second kappa shape index (κ2) is 9.15. The van der Waals surface area contributed by atoms with Crippen LogP contribution in [0.4, 0.5) is 13.2 Å². The molecule has 0 N–H and O–H groups in total. The van der Waals surface area contributed by atoms with E-state index in [1.807, 2.05) is 0 Å². The van der Waals surface area contributed by atoms with Crippen molar-refractivity contribution in [1.82, 2.24) is 19.2 Å². The van der Waals surface area contributed by atoms with Crippen molar-refractivity contribution in [1.29, 1.82) is 0 Å². The summed E-state index contributed by atoms with van der Waals surface area (Å²) >= 11 is 17.3. The van der Waals surface area contributed by atoms with Gasteiger partial charge in [-0.1, -0.05) is 30.1 Å². The van der Waals surface area contributed by atoms with Crippen LogP contribution in [0.1, 0.15) is 6.92 Å². The maximum Gasteiger partial charge on any atom is 0.446 e.